The van der Waals surface area contributed by atoms with Gasteiger partial charge in [-0.3, -0.25) is 0 Å². The van der Waals surface area contributed by atoms with Gasteiger partial charge in [-0.25, -0.2) is 4.98 Å². The van der Waals surface area contributed by atoms with Gasteiger partial charge in [-0.1, -0.05) is 23.2 Å². The monoisotopic (exact) mass is 282 g/mol. The summed E-state index contributed by atoms with van der Waals surface area (Å²) in [6.45, 7) is 0. The summed E-state index contributed by atoms with van der Waals surface area (Å²) in [5.41, 5.74) is 1.02. The molecule has 7 heteroatoms. The van der Waals surface area contributed by atoms with Crippen molar-refractivity contribution in [2.75, 3.05) is 5.32 Å². The van der Waals surface area contributed by atoms with Crippen LogP contribution >= 0.6 is 23.2 Å². The molecule has 1 aromatic carbocycles. The van der Waals surface area contributed by atoms with Crippen LogP contribution in [0.4, 0.5) is 11.5 Å². The molecule has 0 unspecified atom stereocenters. The Morgan fingerprint density at radius 2 is 1.78 bits per heavy atom. The van der Waals surface area contributed by atoms with Gasteiger partial charge in [0.15, 0.2) is 0 Å². The van der Waals surface area contributed by atoms with E-state index in [1.165, 1.54) is 12.3 Å². The fourth-order valence-electron chi connectivity index (χ4n) is 1.36. The second kappa shape index (κ2) is 5.58. The van der Waals surface area contributed by atoms with Crippen LogP contribution in [0.25, 0.3) is 0 Å². The van der Waals surface area contributed by atoms with Gasteiger partial charge in [-0.2, -0.15) is 0 Å². The molecule has 0 fully saturated rings. The lowest BCUT2D eigenvalue weighted by atomic mass is 9.82. The van der Waals surface area contributed by atoms with Crippen molar-refractivity contribution >= 4 is 47.3 Å². The summed E-state index contributed by atoms with van der Waals surface area (Å²) in [6.07, 6.45) is 1.34. The van der Waals surface area contributed by atoms with Crippen molar-refractivity contribution in [2.24, 2.45) is 0 Å². The van der Waals surface area contributed by atoms with Crippen LogP contribution in [0, 0.1) is 0 Å². The Kier molecular flexibility index (Phi) is 4.09. The molecule has 2 aromatic rings. The number of aromatic nitrogens is 1. The molecule has 0 aliphatic carbocycles. The van der Waals surface area contributed by atoms with Crippen molar-refractivity contribution < 1.29 is 10.0 Å². The first kappa shape index (κ1) is 13.2. The van der Waals surface area contributed by atoms with E-state index < -0.39 is 7.12 Å². The molecular weight excluding hydrogens is 274 g/mol. The Bertz CT molecular complexity index is 549. The highest BCUT2D eigenvalue weighted by molar-refractivity contribution is 6.59. The van der Waals surface area contributed by atoms with E-state index in [0.717, 1.165) is 5.69 Å². The third-order valence-corrected chi connectivity index (χ3v) is 2.81. The number of nitrogens with one attached hydrogen (secondary N) is 1. The van der Waals surface area contributed by atoms with Gasteiger partial charge in [0.05, 0.1) is 5.02 Å². The molecule has 1 aromatic heterocycles. The molecule has 2 rings (SSSR count). The largest absolute Gasteiger partial charge is 0.490 e. The number of rotatable bonds is 3. The fraction of sp³-hybridized carbons (Fsp3) is 0. The van der Waals surface area contributed by atoms with E-state index in [9.17, 15) is 0 Å². The van der Waals surface area contributed by atoms with Crippen LogP contribution in [-0.4, -0.2) is 22.2 Å². The van der Waals surface area contributed by atoms with E-state index in [1.54, 1.807) is 24.3 Å². The molecule has 1 heterocycles. The number of anilines is 2. The molecule has 3 N–H and O–H groups in total. The average Bonchev–Trinajstić information content (AvgIpc) is 2.34. The van der Waals surface area contributed by atoms with Crippen LogP contribution in [-0.2, 0) is 0 Å². The number of pyridine rings is 1. The molecule has 0 aliphatic heterocycles. The molecule has 0 atom stereocenters. The lowest BCUT2D eigenvalue weighted by Crippen LogP contribution is -2.30. The first-order chi connectivity index (χ1) is 8.56. The van der Waals surface area contributed by atoms with Crippen molar-refractivity contribution in [3.05, 3.63) is 46.6 Å². The summed E-state index contributed by atoms with van der Waals surface area (Å²) in [7, 11) is -1.58. The highest BCUT2D eigenvalue weighted by Crippen LogP contribution is 2.22. The summed E-state index contributed by atoms with van der Waals surface area (Å²) >= 11 is 11.8. The Hall–Kier alpha value is -1.27. The van der Waals surface area contributed by atoms with Crippen molar-refractivity contribution in [1.82, 2.24) is 4.98 Å². The third kappa shape index (κ3) is 3.14. The number of nitrogens with zero attached hydrogens (tertiary/aromatic N) is 1. The summed E-state index contributed by atoms with van der Waals surface area (Å²) in [6, 6.07) is 8.50. The van der Waals surface area contributed by atoms with Crippen LogP contribution in [0.2, 0.25) is 10.0 Å². The Morgan fingerprint density at radius 1 is 1.11 bits per heavy atom. The zero-order valence-corrected chi connectivity index (χ0v) is 10.7. The van der Waals surface area contributed by atoms with Gasteiger partial charge in [0.25, 0.3) is 0 Å². The van der Waals surface area contributed by atoms with Crippen molar-refractivity contribution in [3.63, 3.8) is 0 Å². The average molecular weight is 283 g/mol. The fourth-order valence-corrected chi connectivity index (χ4v) is 1.70. The van der Waals surface area contributed by atoms with Crippen LogP contribution < -0.4 is 10.8 Å². The molecule has 0 saturated heterocycles. The second-order valence-corrected chi connectivity index (χ2v) is 4.45. The predicted molar refractivity (Wildman–Crippen MR) is 73.8 cm³/mol. The summed E-state index contributed by atoms with van der Waals surface area (Å²) in [5, 5.41) is 21.9. The van der Waals surface area contributed by atoms with Gasteiger partial charge >= 0.3 is 7.12 Å². The minimum absolute atomic E-state index is 0.238. The molecule has 0 aliphatic rings. The van der Waals surface area contributed by atoms with E-state index in [2.05, 4.69) is 10.3 Å². The topological polar surface area (TPSA) is 65.4 Å². The van der Waals surface area contributed by atoms with Gasteiger partial charge < -0.3 is 15.4 Å². The first-order valence-electron chi connectivity index (χ1n) is 5.10. The minimum atomic E-state index is -1.58. The zero-order valence-electron chi connectivity index (χ0n) is 9.14. The quantitative estimate of drug-likeness (QED) is 0.752. The summed E-state index contributed by atoms with van der Waals surface area (Å²) in [5.74, 6) is 0.434. The Morgan fingerprint density at radius 3 is 2.33 bits per heavy atom. The molecule has 92 valence electrons. The van der Waals surface area contributed by atoms with Crippen LogP contribution in [0.1, 0.15) is 0 Å². The lowest BCUT2D eigenvalue weighted by molar-refractivity contribution is 0.425. The second-order valence-electron chi connectivity index (χ2n) is 3.60. The van der Waals surface area contributed by atoms with Crippen molar-refractivity contribution in [2.45, 2.75) is 0 Å². The molecule has 4 nitrogen and oxygen atoms in total. The number of benzene rings is 1. The number of hydrogen-bond donors (Lipinski definition) is 3. The van der Waals surface area contributed by atoms with E-state index in [1.807, 2.05) is 0 Å². The van der Waals surface area contributed by atoms with E-state index in [0.29, 0.717) is 15.9 Å². The Balaban J connectivity index is 2.22. The van der Waals surface area contributed by atoms with E-state index in [-0.39, 0.29) is 5.46 Å². The smallest absolute Gasteiger partial charge is 0.423 e. The summed E-state index contributed by atoms with van der Waals surface area (Å²) < 4.78 is 0. The van der Waals surface area contributed by atoms with Crippen LogP contribution in [0.15, 0.2) is 36.5 Å². The SMILES string of the molecule is OB(O)c1cnc(Nc2ccc(Cl)cc2)c(Cl)c1. The molecule has 0 bridgehead atoms. The number of hydrogen-bond acceptors (Lipinski definition) is 4. The highest BCUT2D eigenvalue weighted by atomic mass is 35.5. The minimum Gasteiger partial charge on any atom is -0.423 e. The maximum atomic E-state index is 8.98. The van der Waals surface area contributed by atoms with Crippen molar-refractivity contribution in [1.29, 1.82) is 0 Å². The van der Waals surface area contributed by atoms with Gasteiger partial charge in [0, 0.05) is 22.4 Å². The highest BCUT2D eigenvalue weighted by Gasteiger charge is 2.13. The van der Waals surface area contributed by atoms with Crippen LogP contribution in [0.5, 0.6) is 0 Å². The van der Waals surface area contributed by atoms with Crippen LogP contribution in [0.3, 0.4) is 0 Å². The maximum absolute atomic E-state index is 8.98. The molecule has 0 spiro atoms. The lowest BCUT2D eigenvalue weighted by Gasteiger charge is -2.08. The number of halogens is 2. The third-order valence-electron chi connectivity index (χ3n) is 2.27. The predicted octanol–water partition coefficient (Wildman–Crippen LogP) is 1.81. The maximum Gasteiger partial charge on any atom is 0.490 e. The molecular formula is C11H9BCl2N2O2. The molecule has 0 radical (unpaired) electrons. The first-order valence-corrected chi connectivity index (χ1v) is 5.86. The van der Waals surface area contributed by atoms with E-state index >= 15 is 0 Å². The normalized spacial score (nSPS) is 10.2. The van der Waals surface area contributed by atoms with Gasteiger partial charge in [0.2, 0.25) is 0 Å². The zero-order chi connectivity index (χ0) is 13.1. The van der Waals surface area contributed by atoms with E-state index in [4.69, 9.17) is 33.2 Å². The van der Waals surface area contributed by atoms with Crippen molar-refractivity contribution in [3.8, 4) is 0 Å². The Labute approximate surface area is 114 Å². The van der Waals surface area contributed by atoms with Gasteiger partial charge in [0.1, 0.15) is 5.82 Å². The molecule has 18 heavy (non-hydrogen) atoms. The summed E-state index contributed by atoms with van der Waals surface area (Å²) in [4.78, 5) is 4.02. The van der Waals surface area contributed by atoms with Gasteiger partial charge in [-0.15, -0.1) is 0 Å². The standard InChI is InChI=1S/C11H9BCl2N2O2/c13-8-1-3-9(4-2-8)16-11-10(14)5-7(6-15-11)12(17)18/h1-6,17-18H,(H,15,16). The molecule has 0 saturated carbocycles. The molecule has 0 amide bonds. The van der Waals surface area contributed by atoms with Gasteiger partial charge in [-0.05, 0) is 30.3 Å².